The number of thiophene rings is 1. The Kier molecular flexibility index (Phi) is 13.3. The molecular weight excluding hydrogens is 782 g/mol. The van der Waals surface area contributed by atoms with Gasteiger partial charge in [-0.3, -0.25) is 9.78 Å². The fourth-order valence-corrected chi connectivity index (χ4v) is 6.50. The van der Waals surface area contributed by atoms with Crippen molar-refractivity contribution in [2.45, 2.75) is 87.0 Å². The second-order valence-corrected chi connectivity index (χ2v) is 14.0. The summed E-state index contributed by atoms with van der Waals surface area (Å²) in [5.41, 5.74) is 2.90. The van der Waals surface area contributed by atoms with Crippen LogP contribution < -0.4 is 0 Å². The van der Waals surface area contributed by atoms with Gasteiger partial charge in [0.1, 0.15) is 11.6 Å². The van der Waals surface area contributed by atoms with Gasteiger partial charge in [0.05, 0.1) is 0 Å². The monoisotopic (exact) mass is 829 g/mol. The van der Waals surface area contributed by atoms with Crippen molar-refractivity contribution < 1.29 is 34.4 Å². The molecule has 251 valence electrons. The molecule has 5 rings (SSSR count). The summed E-state index contributed by atoms with van der Waals surface area (Å²) in [7, 11) is 0. The maximum atomic E-state index is 14.8. The molecule has 0 saturated carbocycles. The number of hydrogen-bond donors (Lipinski definition) is 1. The summed E-state index contributed by atoms with van der Waals surface area (Å²) in [5.74, 6) is 0.420. The molecule has 3 aromatic carbocycles. The molecular formula is C41H47FIrNO2S-. The van der Waals surface area contributed by atoms with E-state index in [0.717, 1.165) is 68.2 Å². The summed E-state index contributed by atoms with van der Waals surface area (Å²) in [5, 5.41) is 13.4. The maximum absolute atomic E-state index is 14.8. The van der Waals surface area contributed by atoms with E-state index in [1.54, 1.807) is 17.4 Å². The van der Waals surface area contributed by atoms with E-state index < -0.39 is 0 Å². The number of nitrogens with zero attached hydrogens (tertiary/aromatic N) is 1. The van der Waals surface area contributed by atoms with Crippen molar-refractivity contribution in [3.05, 3.63) is 102 Å². The molecule has 0 fully saturated rings. The Morgan fingerprint density at radius 3 is 2.19 bits per heavy atom. The summed E-state index contributed by atoms with van der Waals surface area (Å²) in [6, 6.07) is 25.4. The van der Waals surface area contributed by atoms with Crippen molar-refractivity contribution in [2.24, 2.45) is 10.8 Å². The average Bonchev–Trinajstić information content (AvgIpc) is 3.51. The molecule has 0 aliphatic heterocycles. The van der Waals surface area contributed by atoms with E-state index in [4.69, 9.17) is 0 Å². The van der Waals surface area contributed by atoms with Gasteiger partial charge < -0.3 is 5.11 Å². The normalized spacial score (nSPS) is 12.2. The average molecular weight is 829 g/mol. The number of allylic oxidation sites excluding steroid dienone is 2. The number of pyridine rings is 1. The van der Waals surface area contributed by atoms with Gasteiger partial charge in [-0.05, 0) is 60.7 Å². The number of benzene rings is 3. The summed E-state index contributed by atoms with van der Waals surface area (Å²) in [6.07, 6.45) is 6.57. The number of ketones is 1. The first kappa shape index (κ1) is 38.3. The number of fused-ring (bicyclic) bond motifs is 2. The Bertz CT molecular complexity index is 1850. The van der Waals surface area contributed by atoms with Gasteiger partial charge in [-0.1, -0.05) is 96.7 Å². The molecule has 0 amide bonds. The largest absolute Gasteiger partial charge is 0.512 e. The molecule has 1 N–H and O–H groups in total. The van der Waals surface area contributed by atoms with Gasteiger partial charge in [0.2, 0.25) is 0 Å². The van der Waals surface area contributed by atoms with Crippen LogP contribution in [0.2, 0.25) is 0 Å². The molecule has 0 aliphatic rings. The number of rotatable bonds is 10. The zero-order valence-corrected chi connectivity index (χ0v) is 32.0. The topological polar surface area (TPSA) is 50.2 Å². The molecule has 47 heavy (non-hydrogen) atoms. The van der Waals surface area contributed by atoms with E-state index >= 15 is 0 Å². The summed E-state index contributed by atoms with van der Waals surface area (Å²) < 4.78 is 15.9. The molecule has 0 atom stereocenters. The Hall–Kier alpha value is -3.18. The first-order chi connectivity index (χ1) is 21.9. The van der Waals surface area contributed by atoms with Gasteiger partial charge in [0.25, 0.3) is 0 Å². The summed E-state index contributed by atoms with van der Waals surface area (Å²) in [6.45, 7) is 16.2. The van der Waals surface area contributed by atoms with E-state index in [0.29, 0.717) is 11.5 Å². The molecule has 6 heteroatoms. The molecule has 0 spiro atoms. The summed E-state index contributed by atoms with van der Waals surface area (Å²) in [4.78, 5) is 17.7. The number of carbonyl (C=O) groups is 1. The SMILES string of the molecule is CC(C)c1ccc(-c2cc3ccnc(-c4[c-]c5ccccc5cc4)c3s2)c(F)c1.CCC(C)(CC)C(=O)/C=C(\O)C(C)(CC)CC.[Ir]. The summed E-state index contributed by atoms with van der Waals surface area (Å²) >= 11 is 1.58. The predicted molar refractivity (Wildman–Crippen MR) is 194 cm³/mol. The van der Waals surface area contributed by atoms with Crippen LogP contribution in [0.3, 0.4) is 0 Å². The van der Waals surface area contributed by atoms with Crippen molar-refractivity contribution in [3.8, 4) is 21.7 Å². The Morgan fingerprint density at radius 1 is 0.915 bits per heavy atom. The molecule has 3 nitrogen and oxygen atoms in total. The van der Waals surface area contributed by atoms with E-state index in [9.17, 15) is 14.3 Å². The second-order valence-electron chi connectivity index (χ2n) is 13.0. The van der Waals surface area contributed by atoms with E-state index in [-0.39, 0.29) is 48.3 Å². The minimum absolute atomic E-state index is 0. The van der Waals surface area contributed by atoms with Crippen LogP contribution in [-0.4, -0.2) is 15.9 Å². The van der Waals surface area contributed by atoms with Crippen LogP contribution in [0, 0.1) is 22.7 Å². The first-order valence-electron chi connectivity index (χ1n) is 16.4. The number of halogens is 1. The number of aliphatic hydroxyl groups is 1. The fraction of sp³-hybridized carbons (Fsp3) is 0.366. The van der Waals surface area contributed by atoms with Crippen LogP contribution in [0.25, 0.3) is 42.6 Å². The third-order valence-corrected chi connectivity index (χ3v) is 11.1. The van der Waals surface area contributed by atoms with Crippen molar-refractivity contribution >= 4 is 38.0 Å². The van der Waals surface area contributed by atoms with Crippen molar-refractivity contribution in [1.82, 2.24) is 4.98 Å². The first-order valence-corrected chi connectivity index (χ1v) is 17.3. The number of carbonyl (C=O) groups excluding carboxylic acids is 1. The second kappa shape index (κ2) is 16.3. The van der Waals surface area contributed by atoms with Crippen LogP contribution in [0.15, 0.2) is 84.8 Å². The van der Waals surface area contributed by atoms with E-state index in [2.05, 4.69) is 55.2 Å². The van der Waals surface area contributed by atoms with Gasteiger partial charge in [-0.15, -0.1) is 41.0 Å². The third-order valence-electron chi connectivity index (χ3n) is 9.88. The van der Waals surface area contributed by atoms with Crippen molar-refractivity contribution in [2.75, 3.05) is 0 Å². The third kappa shape index (κ3) is 8.46. The van der Waals surface area contributed by atoms with Crippen LogP contribution in [0.1, 0.15) is 92.6 Å². The predicted octanol–water partition coefficient (Wildman–Crippen LogP) is 12.5. The molecule has 0 unspecified atom stereocenters. The number of hydrogen-bond acceptors (Lipinski definition) is 4. The van der Waals surface area contributed by atoms with Crippen LogP contribution >= 0.6 is 11.3 Å². The molecule has 0 bridgehead atoms. The standard InChI is InChI=1S/C26H19FNS.C15H28O2.Ir/c1-16(2)18-9-10-22(23(27)14-18)24-15-21-11-12-28-25(26(21)29-24)20-8-7-17-5-3-4-6-19(17)13-20;1-7-14(5,8-2)12(16)11-13(17)15(6,9-3)10-4;/h3-12,14-16H,1-2H3;11,16H,7-10H2,1-6H3;/q-1;;/b;12-11-;. The number of aliphatic hydroxyl groups excluding tert-OH is 1. The molecule has 2 heterocycles. The fourth-order valence-electron chi connectivity index (χ4n) is 5.32. The van der Waals surface area contributed by atoms with Crippen molar-refractivity contribution in [3.63, 3.8) is 0 Å². The zero-order valence-electron chi connectivity index (χ0n) is 28.8. The van der Waals surface area contributed by atoms with Gasteiger partial charge in [-0.25, -0.2) is 4.39 Å². The number of aromatic nitrogens is 1. The Morgan fingerprint density at radius 2 is 1.57 bits per heavy atom. The van der Waals surface area contributed by atoms with Gasteiger partial charge in [-0.2, -0.15) is 0 Å². The van der Waals surface area contributed by atoms with Gasteiger partial charge >= 0.3 is 0 Å². The molecule has 5 aromatic rings. The van der Waals surface area contributed by atoms with Gasteiger partial charge in [0.15, 0.2) is 5.78 Å². The van der Waals surface area contributed by atoms with Crippen LogP contribution in [-0.2, 0) is 24.9 Å². The Labute approximate surface area is 297 Å². The minimum Gasteiger partial charge on any atom is -0.512 e. The molecule has 2 aromatic heterocycles. The smallest absolute Gasteiger partial charge is 0.164 e. The maximum Gasteiger partial charge on any atom is 0.164 e. The van der Waals surface area contributed by atoms with Crippen molar-refractivity contribution in [1.29, 1.82) is 0 Å². The van der Waals surface area contributed by atoms with Crippen LogP contribution in [0.4, 0.5) is 4.39 Å². The minimum atomic E-state index is -0.337. The molecule has 0 aliphatic carbocycles. The van der Waals surface area contributed by atoms with Gasteiger partial charge in [0, 0.05) is 64.0 Å². The zero-order chi connectivity index (χ0) is 33.6. The quantitative estimate of drug-likeness (QED) is 0.0867. The molecule has 0 saturated heterocycles. The molecule has 1 radical (unpaired) electrons. The van der Waals surface area contributed by atoms with E-state index in [1.165, 1.54) is 6.08 Å². The van der Waals surface area contributed by atoms with Crippen LogP contribution in [0.5, 0.6) is 0 Å². The Balaban J connectivity index is 0.000000290. The van der Waals surface area contributed by atoms with E-state index in [1.807, 2.05) is 78.1 Å².